The summed E-state index contributed by atoms with van der Waals surface area (Å²) in [4.78, 5) is 11.4. The Bertz CT molecular complexity index is 322. The van der Waals surface area contributed by atoms with Gasteiger partial charge in [-0.25, -0.2) is 4.79 Å². The Morgan fingerprint density at radius 3 is 2.73 bits per heavy atom. The Kier molecular flexibility index (Phi) is 4.57. The molecule has 3 nitrogen and oxygen atoms in total. The van der Waals surface area contributed by atoms with Crippen LogP contribution in [0.15, 0.2) is 43.0 Å². The first-order valence-corrected chi connectivity index (χ1v) is 4.88. The predicted octanol–water partition coefficient (Wildman–Crippen LogP) is 0.569. The zero-order valence-electron chi connectivity index (χ0n) is 8.69. The van der Waals surface area contributed by atoms with Crippen molar-refractivity contribution in [2.75, 3.05) is 6.61 Å². The molecule has 3 heteroatoms. The number of rotatable bonds is 5. The van der Waals surface area contributed by atoms with E-state index in [1.54, 1.807) is 6.08 Å². The van der Waals surface area contributed by atoms with Crippen molar-refractivity contribution in [3.8, 4) is 0 Å². The lowest BCUT2D eigenvalue weighted by atomic mass is 10.1. The van der Waals surface area contributed by atoms with Crippen molar-refractivity contribution in [2.24, 2.45) is 0 Å². The average Bonchev–Trinajstić information content (AvgIpc) is 2.27. The lowest BCUT2D eigenvalue weighted by molar-refractivity contribution is -0.407. The van der Waals surface area contributed by atoms with E-state index in [0.717, 1.165) is 5.56 Å². The van der Waals surface area contributed by atoms with Crippen LogP contribution in [-0.2, 0) is 16.0 Å². The van der Waals surface area contributed by atoms with Gasteiger partial charge < -0.3 is 10.5 Å². The Labute approximate surface area is 89.5 Å². The molecule has 0 spiro atoms. The highest BCUT2D eigenvalue weighted by atomic mass is 16.5. The molecule has 80 valence electrons. The van der Waals surface area contributed by atoms with Crippen LogP contribution in [0.1, 0.15) is 5.56 Å². The summed E-state index contributed by atoms with van der Waals surface area (Å²) in [6.45, 7) is 3.73. The maximum atomic E-state index is 11.4. The van der Waals surface area contributed by atoms with E-state index in [2.05, 4.69) is 12.3 Å². The molecule has 0 fully saturated rings. The Balaban J connectivity index is 2.45. The van der Waals surface area contributed by atoms with E-state index >= 15 is 0 Å². The predicted molar refractivity (Wildman–Crippen MR) is 58.0 cm³/mol. The van der Waals surface area contributed by atoms with Crippen molar-refractivity contribution in [3.63, 3.8) is 0 Å². The standard InChI is InChI=1S/C12H15NO2/c1-2-8-15-12(14)11(13)9-10-6-4-3-5-7-10/h2-7,11H,1,8-9,13H2/p+1. The van der Waals surface area contributed by atoms with Crippen molar-refractivity contribution in [1.82, 2.24) is 0 Å². The molecule has 0 aliphatic heterocycles. The van der Waals surface area contributed by atoms with Crippen LogP contribution in [0.3, 0.4) is 0 Å². The van der Waals surface area contributed by atoms with Gasteiger partial charge in [-0.3, -0.25) is 0 Å². The van der Waals surface area contributed by atoms with Crippen LogP contribution in [0.4, 0.5) is 0 Å². The summed E-state index contributed by atoms with van der Waals surface area (Å²) in [5.74, 6) is -0.279. The van der Waals surface area contributed by atoms with Gasteiger partial charge >= 0.3 is 5.97 Å². The number of quaternary nitrogens is 1. The second-order valence-corrected chi connectivity index (χ2v) is 3.31. The van der Waals surface area contributed by atoms with E-state index in [0.29, 0.717) is 6.42 Å². The van der Waals surface area contributed by atoms with Crippen LogP contribution in [0.5, 0.6) is 0 Å². The highest BCUT2D eigenvalue weighted by Gasteiger charge is 2.18. The normalized spacial score (nSPS) is 11.8. The molecule has 0 aliphatic rings. The van der Waals surface area contributed by atoms with Gasteiger partial charge in [-0.2, -0.15) is 0 Å². The molecule has 1 aromatic rings. The molecular formula is C12H16NO2+. The van der Waals surface area contributed by atoms with E-state index in [4.69, 9.17) is 4.74 Å². The third-order valence-electron chi connectivity index (χ3n) is 2.00. The first kappa shape index (κ1) is 11.5. The van der Waals surface area contributed by atoms with E-state index < -0.39 is 0 Å². The Morgan fingerprint density at radius 2 is 2.13 bits per heavy atom. The molecule has 1 unspecified atom stereocenters. The SMILES string of the molecule is C=CCOC(=O)C([NH3+])Cc1ccccc1. The lowest BCUT2D eigenvalue weighted by Crippen LogP contribution is -2.66. The third kappa shape index (κ3) is 3.95. The fourth-order valence-corrected chi connectivity index (χ4v) is 1.24. The van der Waals surface area contributed by atoms with Gasteiger partial charge in [0.05, 0.1) is 0 Å². The average molecular weight is 206 g/mol. The van der Waals surface area contributed by atoms with Gasteiger partial charge in [0.2, 0.25) is 0 Å². The van der Waals surface area contributed by atoms with E-state index in [1.165, 1.54) is 0 Å². The monoisotopic (exact) mass is 206 g/mol. The second kappa shape index (κ2) is 5.98. The van der Waals surface area contributed by atoms with Crippen LogP contribution >= 0.6 is 0 Å². The number of carbonyl (C=O) groups is 1. The smallest absolute Gasteiger partial charge is 0.365 e. The largest absolute Gasteiger partial charge is 0.457 e. The number of ether oxygens (including phenoxy) is 1. The van der Waals surface area contributed by atoms with E-state index in [1.807, 2.05) is 30.3 Å². The molecule has 0 radical (unpaired) electrons. The second-order valence-electron chi connectivity index (χ2n) is 3.31. The molecule has 15 heavy (non-hydrogen) atoms. The number of benzene rings is 1. The summed E-state index contributed by atoms with van der Waals surface area (Å²) < 4.78 is 4.91. The van der Waals surface area contributed by atoms with Crippen molar-refractivity contribution in [1.29, 1.82) is 0 Å². The Morgan fingerprint density at radius 1 is 1.47 bits per heavy atom. The van der Waals surface area contributed by atoms with Crippen LogP contribution in [0.25, 0.3) is 0 Å². The fourth-order valence-electron chi connectivity index (χ4n) is 1.24. The fraction of sp³-hybridized carbons (Fsp3) is 0.250. The maximum Gasteiger partial charge on any atom is 0.365 e. The molecule has 1 atom stereocenters. The summed E-state index contributed by atoms with van der Waals surface area (Å²) >= 11 is 0. The van der Waals surface area contributed by atoms with E-state index in [9.17, 15) is 4.79 Å². The van der Waals surface area contributed by atoms with Crippen LogP contribution in [-0.4, -0.2) is 18.6 Å². The molecule has 0 aliphatic carbocycles. The van der Waals surface area contributed by atoms with E-state index in [-0.39, 0.29) is 18.6 Å². The summed E-state index contributed by atoms with van der Waals surface area (Å²) in [6.07, 6.45) is 2.16. The Hall–Kier alpha value is -1.61. The molecule has 0 saturated carbocycles. The number of hydrogen-bond acceptors (Lipinski definition) is 2. The molecule has 1 aromatic carbocycles. The van der Waals surface area contributed by atoms with Crippen molar-refractivity contribution in [2.45, 2.75) is 12.5 Å². The van der Waals surface area contributed by atoms with Gasteiger partial charge in [0.15, 0.2) is 6.04 Å². The van der Waals surface area contributed by atoms with Crippen LogP contribution < -0.4 is 5.73 Å². The highest BCUT2D eigenvalue weighted by Crippen LogP contribution is 2.01. The molecule has 3 N–H and O–H groups in total. The van der Waals surface area contributed by atoms with Gasteiger partial charge in [0.25, 0.3) is 0 Å². The quantitative estimate of drug-likeness (QED) is 0.565. The van der Waals surface area contributed by atoms with Crippen molar-refractivity contribution in [3.05, 3.63) is 48.6 Å². The highest BCUT2D eigenvalue weighted by molar-refractivity contribution is 5.74. The molecule has 0 aromatic heterocycles. The minimum Gasteiger partial charge on any atom is -0.457 e. The third-order valence-corrected chi connectivity index (χ3v) is 2.00. The topological polar surface area (TPSA) is 53.9 Å². The summed E-state index contributed by atoms with van der Waals surface area (Å²) in [5.41, 5.74) is 4.87. The summed E-state index contributed by atoms with van der Waals surface area (Å²) in [5, 5.41) is 0. The maximum absolute atomic E-state index is 11.4. The first-order chi connectivity index (χ1) is 7.24. The zero-order valence-corrected chi connectivity index (χ0v) is 8.69. The molecule has 0 saturated heterocycles. The van der Waals surface area contributed by atoms with Gasteiger partial charge in [0.1, 0.15) is 6.61 Å². The number of carbonyl (C=O) groups excluding carboxylic acids is 1. The summed E-state index contributed by atoms with van der Waals surface area (Å²) in [7, 11) is 0. The first-order valence-electron chi connectivity index (χ1n) is 4.88. The summed E-state index contributed by atoms with van der Waals surface area (Å²) in [6, 6.07) is 9.41. The van der Waals surface area contributed by atoms with Gasteiger partial charge in [-0.15, -0.1) is 0 Å². The molecule has 0 bridgehead atoms. The van der Waals surface area contributed by atoms with Gasteiger partial charge in [0, 0.05) is 6.42 Å². The minimum absolute atomic E-state index is 0.250. The zero-order chi connectivity index (χ0) is 11.1. The minimum atomic E-state index is -0.354. The molecule has 1 rings (SSSR count). The number of hydrogen-bond donors (Lipinski definition) is 1. The lowest BCUT2D eigenvalue weighted by Gasteiger charge is -2.07. The van der Waals surface area contributed by atoms with Gasteiger partial charge in [-0.05, 0) is 5.56 Å². The van der Waals surface area contributed by atoms with Crippen molar-refractivity contribution >= 4 is 5.97 Å². The van der Waals surface area contributed by atoms with Crippen LogP contribution in [0, 0.1) is 0 Å². The molecule has 0 heterocycles. The number of esters is 1. The molecule has 0 amide bonds. The van der Waals surface area contributed by atoms with Gasteiger partial charge in [-0.1, -0.05) is 43.0 Å². The molecular weight excluding hydrogens is 190 g/mol. The van der Waals surface area contributed by atoms with Crippen LogP contribution in [0.2, 0.25) is 0 Å². The van der Waals surface area contributed by atoms with Crippen molar-refractivity contribution < 1.29 is 15.3 Å².